The van der Waals surface area contributed by atoms with Crippen LogP contribution in [0.3, 0.4) is 0 Å². The van der Waals surface area contributed by atoms with Crippen LogP contribution in [0.4, 0.5) is 5.00 Å². The number of ether oxygens (including phenoxy) is 1. The van der Waals surface area contributed by atoms with Crippen molar-refractivity contribution in [3.8, 4) is 0 Å². The van der Waals surface area contributed by atoms with Gasteiger partial charge in [0.15, 0.2) is 0 Å². The van der Waals surface area contributed by atoms with E-state index >= 15 is 0 Å². The van der Waals surface area contributed by atoms with Gasteiger partial charge in [0.1, 0.15) is 20.9 Å². The van der Waals surface area contributed by atoms with Crippen molar-refractivity contribution in [2.75, 3.05) is 11.8 Å². The molecule has 3 rings (SSSR count). The molecule has 0 unspecified atom stereocenters. The second-order valence-electron chi connectivity index (χ2n) is 4.97. The predicted octanol–water partition coefficient (Wildman–Crippen LogP) is 2.96. The molecule has 0 saturated carbocycles. The quantitative estimate of drug-likeness (QED) is 0.696. The summed E-state index contributed by atoms with van der Waals surface area (Å²) in [6.07, 6.45) is 0. The number of carbonyl (C=O) groups excluding carboxylic acids is 1. The molecule has 0 aliphatic carbocycles. The molecule has 0 amide bonds. The van der Waals surface area contributed by atoms with Crippen LogP contribution in [0, 0.1) is 13.8 Å². The highest BCUT2D eigenvalue weighted by molar-refractivity contribution is 7.93. The average molecular weight is 383 g/mol. The Balaban J connectivity index is 2.10. The number of hydrogen-bond acceptors (Lipinski definition) is 8. The number of benzene rings is 1. The van der Waals surface area contributed by atoms with Crippen LogP contribution in [0.5, 0.6) is 0 Å². The Kier molecular flexibility index (Phi) is 4.28. The smallest absolute Gasteiger partial charge is 0.341 e. The van der Waals surface area contributed by atoms with Crippen molar-refractivity contribution in [1.82, 2.24) is 8.75 Å². The van der Waals surface area contributed by atoms with Gasteiger partial charge in [-0.15, -0.1) is 11.3 Å². The van der Waals surface area contributed by atoms with E-state index in [2.05, 4.69) is 13.5 Å². The summed E-state index contributed by atoms with van der Waals surface area (Å²) < 4.78 is 40.9. The summed E-state index contributed by atoms with van der Waals surface area (Å²) in [5, 5.41) is 0.233. The molecule has 1 N–H and O–H groups in total. The van der Waals surface area contributed by atoms with Gasteiger partial charge in [0, 0.05) is 4.88 Å². The number of nitrogens with one attached hydrogen (secondary N) is 1. The summed E-state index contributed by atoms with van der Waals surface area (Å²) in [6.45, 7) is 3.57. The molecule has 24 heavy (non-hydrogen) atoms. The number of methoxy groups -OCH3 is 1. The number of fused-ring (bicyclic) bond motifs is 1. The van der Waals surface area contributed by atoms with Gasteiger partial charge in [-0.05, 0) is 31.5 Å². The van der Waals surface area contributed by atoms with Crippen LogP contribution in [0.2, 0.25) is 0 Å². The Morgan fingerprint density at radius 3 is 2.71 bits per heavy atom. The molecule has 0 radical (unpaired) electrons. The zero-order valence-corrected chi connectivity index (χ0v) is 15.4. The van der Waals surface area contributed by atoms with Gasteiger partial charge >= 0.3 is 5.97 Å². The van der Waals surface area contributed by atoms with Crippen LogP contribution in [-0.2, 0) is 14.8 Å². The molecule has 1 aromatic carbocycles. The highest BCUT2D eigenvalue weighted by atomic mass is 32.2. The average Bonchev–Trinajstić information content (AvgIpc) is 3.11. The van der Waals surface area contributed by atoms with E-state index < -0.39 is 16.0 Å². The summed E-state index contributed by atoms with van der Waals surface area (Å²) in [6, 6.07) is 4.75. The van der Waals surface area contributed by atoms with Gasteiger partial charge in [-0.2, -0.15) is 8.75 Å². The first-order valence-corrected chi connectivity index (χ1v) is 9.80. The SMILES string of the molecule is COC(=O)c1c(NS(=O)(=O)c2cccc3nsnc23)sc(C)c1C. The van der Waals surface area contributed by atoms with Crippen molar-refractivity contribution < 1.29 is 17.9 Å². The van der Waals surface area contributed by atoms with Crippen molar-refractivity contribution in [2.45, 2.75) is 18.7 Å². The lowest BCUT2D eigenvalue weighted by atomic mass is 10.2. The van der Waals surface area contributed by atoms with E-state index in [0.29, 0.717) is 16.6 Å². The van der Waals surface area contributed by atoms with E-state index in [9.17, 15) is 13.2 Å². The largest absolute Gasteiger partial charge is 0.465 e. The summed E-state index contributed by atoms with van der Waals surface area (Å²) in [4.78, 5) is 12.8. The third-order valence-corrected chi connectivity index (χ3v) is 6.72. The molecule has 0 saturated heterocycles. The Morgan fingerprint density at radius 1 is 1.25 bits per heavy atom. The fourth-order valence-electron chi connectivity index (χ4n) is 2.22. The Labute approximate surface area is 146 Å². The van der Waals surface area contributed by atoms with Crippen molar-refractivity contribution >= 4 is 55.1 Å². The normalized spacial score (nSPS) is 11.6. The van der Waals surface area contributed by atoms with Crippen LogP contribution in [0.15, 0.2) is 23.1 Å². The zero-order valence-electron chi connectivity index (χ0n) is 13.0. The number of hydrogen-bond donors (Lipinski definition) is 1. The summed E-state index contributed by atoms with van der Waals surface area (Å²) in [5.74, 6) is -0.580. The van der Waals surface area contributed by atoms with Crippen LogP contribution < -0.4 is 4.72 Å². The Bertz CT molecular complexity index is 1040. The summed E-state index contributed by atoms with van der Waals surface area (Å²) in [5.41, 5.74) is 1.74. The van der Waals surface area contributed by atoms with Crippen molar-refractivity contribution in [3.63, 3.8) is 0 Å². The highest BCUT2D eigenvalue weighted by Crippen LogP contribution is 2.35. The number of esters is 1. The van der Waals surface area contributed by atoms with E-state index in [1.54, 1.807) is 19.1 Å². The van der Waals surface area contributed by atoms with Gasteiger partial charge in [0.2, 0.25) is 0 Å². The number of carbonyl (C=O) groups is 1. The fraction of sp³-hybridized carbons (Fsp3) is 0.214. The molecule has 0 fully saturated rings. The maximum absolute atomic E-state index is 12.8. The Morgan fingerprint density at radius 2 is 2.00 bits per heavy atom. The first-order valence-electron chi connectivity index (χ1n) is 6.77. The predicted molar refractivity (Wildman–Crippen MR) is 93.4 cm³/mol. The Hall–Kier alpha value is -2.04. The number of thiophene rings is 1. The first kappa shape index (κ1) is 16.8. The van der Waals surface area contributed by atoms with Crippen LogP contribution in [0.1, 0.15) is 20.8 Å². The van der Waals surface area contributed by atoms with Gasteiger partial charge in [0.05, 0.1) is 24.4 Å². The molecule has 2 aromatic heterocycles. The summed E-state index contributed by atoms with van der Waals surface area (Å²) >= 11 is 2.13. The third-order valence-electron chi connectivity index (χ3n) is 3.54. The second-order valence-corrected chi connectivity index (χ2v) is 8.38. The van der Waals surface area contributed by atoms with Crippen molar-refractivity contribution in [2.24, 2.45) is 0 Å². The minimum atomic E-state index is -3.92. The number of rotatable bonds is 4. The topological polar surface area (TPSA) is 98.2 Å². The number of aromatic nitrogens is 2. The van der Waals surface area contributed by atoms with Gasteiger partial charge in [-0.25, -0.2) is 13.2 Å². The molecule has 10 heteroatoms. The van der Waals surface area contributed by atoms with Gasteiger partial charge in [-0.3, -0.25) is 4.72 Å². The van der Waals surface area contributed by atoms with Crippen LogP contribution in [0.25, 0.3) is 11.0 Å². The molecule has 0 bridgehead atoms. The number of nitrogens with zero attached hydrogens (tertiary/aromatic N) is 2. The van der Waals surface area contributed by atoms with Gasteiger partial charge in [0.25, 0.3) is 10.0 Å². The molecule has 126 valence electrons. The zero-order chi connectivity index (χ0) is 17.5. The first-order chi connectivity index (χ1) is 11.3. The molecule has 7 nitrogen and oxygen atoms in total. The highest BCUT2D eigenvalue weighted by Gasteiger charge is 2.26. The maximum Gasteiger partial charge on any atom is 0.341 e. The minimum Gasteiger partial charge on any atom is -0.465 e. The fourth-order valence-corrected chi connectivity index (χ4v) is 5.34. The number of aryl methyl sites for hydroxylation is 1. The van der Waals surface area contributed by atoms with E-state index in [-0.39, 0.29) is 15.5 Å². The molecule has 0 atom stereocenters. The molecule has 2 heterocycles. The monoisotopic (exact) mass is 383 g/mol. The van der Waals surface area contributed by atoms with E-state index in [1.165, 1.54) is 24.5 Å². The molecule has 0 spiro atoms. The van der Waals surface area contributed by atoms with E-state index in [1.807, 2.05) is 6.92 Å². The maximum atomic E-state index is 12.8. The van der Waals surface area contributed by atoms with E-state index in [4.69, 9.17) is 4.74 Å². The summed E-state index contributed by atoms with van der Waals surface area (Å²) in [7, 11) is -2.66. The minimum absolute atomic E-state index is 0.0215. The molecular formula is C14H13N3O4S3. The van der Waals surface area contributed by atoms with Gasteiger partial charge in [-0.1, -0.05) is 6.07 Å². The molecule has 0 aliphatic heterocycles. The lowest BCUT2D eigenvalue weighted by Crippen LogP contribution is -2.15. The lowest BCUT2D eigenvalue weighted by molar-refractivity contribution is 0.0601. The number of anilines is 1. The molecule has 0 aliphatic rings. The van der Waals surface area contributed by atoms with E-state index in [0.717, 1.165) is 16.6 Å². The second kappa shape index (κ2) is 6.11. The molecular weight excluding hydrogens is 370 g/mol. The van der Waals surface area contributed by atoms with Crippen LogP contribution >= 0.6 is 23.1 Å². The van der Waals surface area contributed by atoms with Crippen LogP contribution in [-0.4, -0.2) is 30.2 Å². The van der Waals surface area contributed by atoms with Crippen molar-refractivity contribution in [1.29, 1.82) is 0 Å². The lowest BCUT2D eigenvalue weighted by Gasteiger charge is -2.08. The molecule has 3 aromatic rings. The number of sulfonamides is 1. The van der Waals surface area contributed by atoms with Gasteiger partial charge < -0.3 is 4.74 Å². The van der Waals surface area contributed by atoms with Crippen molar-refractivity contribution in [3.05, 3.63) is 34.2 Å². The third kappa shape index (κ3) is 2.76. The standard InChI is InChI=1S/C14H13N3O4S3/c1-7-8(2)22-13(11(7)14(18)21-3)17-24(19,20)10-6-4-5-9-12(10)16-23-15-9/h4-6,17H,1-3H3.